The van der Waals surface area contributed by atoms with Gasteiger partial charge in [-0.25, -0.2) is 4.79 Å². The number of allylic oxidation sites excluding steroid dienone is 2. The Labute approximate surface area is 153 Å². The van der Waals surface area contributed by atoms with Gasteiger partial charge in [-0.3, -0.25) is 0 Å². The molecule has 4 rings (SSSR count). The van der Waals surface area contributed by atoms with E-state index in [1.54, 1.807) is 13.4 Å². The summed E-state index contributed by atoms with van der Waals surface area (Å²) in [4.78, 5) is 14.8. The number of nitrogens with one attached hydrogen (secondary N) is 1. The molecular formula is C21H24N2O3. The molecular weight excluding hydrogens is 328 g/mol. The fourth-order valence-corrected chi connectivity index (χ4v) is 4.10. The number of carbonyl (C=O) groups is 1. The molecule has 1 N–H and O–H groups in total. The van der Waals surface area contributed by atoms with E-state index in [-0.39, 0.29) is 6.03 Å². The van der Waals surface area contributed by atoms with Gasteiger partial charge in [0.1, 0.15) is 11.5 Å². The van der Waals surface area contributed by atoms with Crippen molar-refractivity contribution in [2.45, 2.75) is 19.4 Å². The number of rotatable bonds is 6. The number of carbonyl (C=O) groups excluding carboxylic acids is 1. The van der Waals surface area contributed by atoms with Gasteiger partial charge in [0.05, 0.1) is 19.9 Å². The minimum Gasteiger partial charge on any atom is -0.497 e. The molecule has 1 heterocycles. The average Bonchev–Trinajstić information content (AvgIpc) is 3.39. The predicted octanol–water partition coefficient (Wildman–Crippen LogP) is 4.53. The van der Waals surface area contributed by atoms with Crippen LogP contribution in [0.1, 0.15) is 18.6 Å². The molecule has 5 nitrogen and oxygen atoms in total. The van der Waals surface area contributed by atoms with Crippen molar-refractivity contribution >= 4 is 11.7 Å². The minimum absolute atomic E-state index is 0.110. The highest BCUT2D eigenvalue weighted by molar-refractivity contribution is 5.89. The van der Waals surface area contributed by atoms with Crippen LogP contribution in [0.25, 0.3) is 0 Å². The first-order chi connectivity index (χ1) is 12.7. The summed E-state index contributed by atoms with van der Waals surface area (Å²) in [5.41, 5.74) is 0.728. The first-order valence-electron chi connectivity index (χ1n) is 9.12. The van der Waals surface area contributed by atoms with E-state index in [2.05, 4.69) is 17.5 Å². The molecule has 3 unspecified atom stereocenters. The quantitative estimate of drug-likeness (QED) is 0.777. The number of hydrogen-bond acceptors (Lipinski definition) is 3. The summed E-state index contributed by atoms with van der Waals surface area (Å²) < 4.78 is 10.7. The van der Waals surface area contributed by atoms with Crippen molar-refractivity contribution in [2.24, 2.45) is 17.8 Å². The summed E-state index contributed by atoms with van der Waals surface area (Å²) >= 11 is 0. The molecule has 2 aliphatic carbocycles. The first-order valence-corrected chi connectivity index (χ1v) is 9.12. The Morgan fingerprint density at radius 2 is 2.19 bits per heavy atom. The van der Waals surface area contributed by atoms with Crippen molar-refractivity contribution in [1.82, 2.24) is 4.90 Å². The van der Waals surface area contributed by atoms with Crippen LogP contribution in [0.3, 0.4) is 0 Å². The molecule has 2 aromatic rings. The molecule has 3 atom stereocenters. The summed E-state index contributed by atoms with van der Waals surface area (Å²) in [6, 6.07) is 11.1. The highest BCUT2D eigenvalue weighted by Gasteiger charge is 2.37. The lowest BCUT2D eigenvalue weighted by Gasteiger charge is -2.28. The number of ether oxygens (including phenoxy) is 1. The standard InChI is InChI=1S/C21H24N2O3/c1-25-19-5-2-4-18(12-19)22-21(24)23(14-20-6-3-9-26-20)13-17-11-15-7-8-16(17)10-15/h2-9,12,15-17H,10-11,13-14H2,1H3,(H,22,24). The van der Waals surface area contributed by atoms with Crippen LogP contribution < -0.4 is 10.1 Å². The van der Waals surface area contributed by atoms with E-state index in [0.29, 0.717) is 24.3 Å². The zero-order valence-corrected chi connectivity index (χ0v) is 14.9. The van der Waals surface area contributed by atoms with E-state index in [1.807, 2.05) is 41.3 Å². The zero-order valence-electron chi connectivity index (χ0n) is 14.9. The second kappa shape index (κ2) is 7.28. The number of amides is 2. The number of methoxy groups -OCH3 is 1. The van der Waals surface area contributed by atoms with Gasteiger partial charge in [-0.05, 0) is 54.9 Å². The Morgan fingerprint density at radius 3 is 2.88 bits per heavy atom. The van der Waals surface area contributed by atoms with Crippen molar-refractivity contribution < 1.29 is 13.9 Å². The molecule has 5 heteroatoms. The minimum atomic E-state index is -0.110. The molecule has 0 radical (unpaired) electrons. The summed E-state index contributed by atoms with van der Waals surface area (Å²) in [6.45, 7) is 1.21. The van der Waals surface area contributed by atoms with Gasteiger partial charge < -0.3 is 19.4 Å². The Kier molecular flexibility index (Phi) is 4.69. The van der Waals surface area contributed by atoms with Crippen LogP contribution in [0.5, 0.6) is 5.75 Å². The average molecular weight is 352 g/mol. The monoisotopic (exact) mass is 352 g/mol. The highest BCUT2D eigenvalue weighted by Crippen LogP contribution is 2.43. The van der Waals surface area contributed by atoms with Crippen LogP contribution in [0.4, 0.5) is 10.5 Å². The summed E-state index contributed by atoms with van der Waals surface area (Å²) in [7, 11) is 1.62. The largest absolute Gasteiger partial charge is 0.497 e. The third kappa shape index (κ3) is 3.62. The van der Waals surface area contributed by atoms with Gasteiger partial charge in [-0.2, -0.15) is 0 Å². The molecule has 1 aromatic carbocycles. The van der Waals surface area contributed by atoms with Crippen LogP contribution in [0.2, 0.25) is 0 Å². The van der Waals surface area contributed by atoms with E-state index in [4.69, 9.17) is 9.15 Å². The summed E-state index contributed by atoms with van der Waals surface area (Å²) in [5.74, 6) is 3.33. The molecule has 136 valence electrons. The fraction of sp³-hybridized carbons (Fsp3) is 0.381. The van der Waals surface area contributed by atoms with E-state index in [1.165, 1.54) is 12.8 Å². The Hall–Kier alpha value is -2.69. The normalized spacial score (nSPS) is 23.2. The fourth-order valence-electron chi connectivity index (χ4n) is 4.10. The van der Waals surface area contributed by atoms with E-state index in [0.717, 1.165) is 23.7 Å². The maximum atomic E-state index is 12.9. The van der Waals surface area contributed by atoms with Crippen molar-refractivity contribution in [1.29, 1.82) is 0 Å². The lowest BCUT2D eigenvalue weighted by Crippen LogP contribution is -2.38. The molecule has 1 aromatic heterocycles. The van der Waals surface area contributed by atoms with Gasteiger partial charge in [0.2, 0.25) is 0 Å². The molecule has 0 aliphatic heterocycles. The second-order valence-electron chi connectivity index (χ2n) is 7.16. The highest BCUT2D eigenvalue weighted by atomic mass is 16.5. The zero-order chi connectivity index (χ0) is 17.9. The molecule has 1 saturated carbocycles. The molecule has 2 bridgehead atoms. The number of furan rings is 1. The number of urea groups is 1. The number of fused-ring (bicyclic) bond motifs is 2. The molecule has 2 aliphatic rings. The Morgan fingerprint density at radius 1 is 1.27 bits per heavy atom. The molecule has 1 fully saturated rings. The van der Waals surface area contributed by atoms with Crippen LogP contribution in [-0.4, -0.2) is 24.6 Å². The molecule has 0 saturated heterocycles. The third-order valence-electron chi connectivity index (χ3n) is 5.41. The van der Waals surface area contributed by atoms with Crippen LogP contribution >= 0.6 is 0 Å². The maximum Gasteiger partial charge on any atom is 0.322 e. The van der Waals surface area contributed by atoms with Gasteiger partial charge in [0.15, 0.2) is 0 Å². The van der Waals surface area contributed by atoms with E-state index < -0.39 is 0 Å². The number of hydrogen-bond donors (Lipinski definition) is 1. The van der Waals surface area contributed by atoms with Gasteiger partial charge in [0.25, 0.3) is 0 Å². The summed E-state index contributed by atoms with van der Waals surface area (Å²) in [6.07, 6.45) is 8.70. The topological polar surface area (TPSA) is 54.7 Å². The smallest absolute Gasteiger partial charge is 0.322 e. The van der Waals surface area contributed by atoms with Gasteiger partial charge in [-0.15, -0.1) is 0 Å². The SMILES string of the molecule is COc1cccc(NC(=O)N(Cc2ccco2)CC2CC3C=CC2C3)c1. The van der Waals surface area contributed by atoms with Gasteiger partial charge in [0, 0.05) is 18.3 Å². The lowest BCUT2D eigenvalue weighted by atomic mass is 9.93. The molecule has 26 heavy (non-hydrogen) atoms. The van der Waals surface area contributed by atoms with Crippen molar-refractivity contribution in [3.63, 3.8) is 0 Å². The Balaban J connectivity index is 1.47. The molecule has 0 spiro atoms. The maximum absolute atomic E-state index is 12.9. The number of nitrogens with zero attached hydrogens (tertiary/aromatic N) is 1. The van der Waals surface area contributed by atoms with Crippen molar-refractivity contribution in [3.8, 4) is 5.75 Å². The lowest BCUT2D eigenvalue weighted by molar-refractivity contribution is 0.186. The van der Waals surface area contributed by atoms with Crippen LogP contribution in [0.15, 0.2) is 59.2 Å². The van der Waals surface area contributed by atoms with Crippen LogP contribution in [-0.2, 0) is 6.54 Å². The molecule has 2 amide bonds. The van der Waals surface area contributed by atoms with Gasteiger partial charge >= 0.3 is 6.03 Å². The van der Waals surface area contributed by atoms with Crippen LogP contribution in [0, 0.1) is 17.8 Å². The number of anilines is 1. The van der Waals surface area contributed by atoms with E-state index >= 15 is 0 Å². The van der Waals surface area contributed by atoms with E-state index in [9.17, 15) is 4.79 Å². The van der Waals surface area contributed by atoms with Crippen molar-refractivity contribution in [3.05, 3.63) is 60.6 Å². The predicted molar refractivity (Wildman–Crippen MR) is 100.0 cm³/mol. The summed E-state index contributed by atoms with van der Waals surface area (Å²) in [5, 5.41) is 2.99. The third-order valence-corrected chi connectivity index (χ3v) is 5.41. The Bertz CT molecular complexity index is 784. The second-order valence-corrected chi connectivity index (χ2v) is 7.16. The number of benzene rings is 1. The van der Waals surface area contributed by atoms with Gasteiger partial charge in [-0.1, -0.05) is 18.2 Å². The van der Waals surface area contributed by atoms with Crippen molar-refractivity contribution in [2.75, 3.05) is 19.0 Å². The first kappa shape index (κ1) is 16.8.